The van der Waals surface area contributed by atoms with E-state index < -0.39 is 17.6 Å². The number of ketones is 1. The van der Waals surface area contributed by atoms with Crippen LogP contribution in [0, 0.1) is 12.7 Å². The van der Waals surface area contributed by atoms with E-state index in [4.69, 9.17) is 21.1 Å². The summed E-state index contributed by atoms with van der Waals surface area (Å²) in [6.45, 7) is 1.66. The molecule has 0 spiro atoms. The van der Waals surface area contributed by atoms with Crippen LogP contribution in [0.25, 0.3) is 6.08 Å². The zero-order valence-corrected chi connectivity index (χ0v) is 15.9. The highest BCUT2D eigenvalue weighted by Crippen LogP contribution is 2.40. The van der Waals surface area contributed by atoms with E-state index in [1.165, 1.54) is 42.6 Å². The van der Waals surface area contributed by atoms with Gasteiger partial charge in [-0.05, 0) is 49.4 Å². The third kappa shape index (κ3) is 3.50. The van der Waals surface area contributed by atoms with Crippen molar-refractivity contribution in [3.63, 3.8) is 0 Å². The minimum atomic E-state index is -0.584. The summed E-state index contributed by atoms with van der Waals surface area (Å²) in [5, 5.41) is 0.160. The normalized spacial score (nSPS) is 13.9. The summed E-state index contributed by atoms with van der Waals surface area (Å²) in [4.78, 5) is 28.8. The first-order valence-corrected chi connectivity index (χ1v) is 8.97. The molecule has 29 heavy (non-hydrogen) atoms. The topological polar surface area (TPSA) is 65.5 Å². The fourth-order valence-corrected chi connectivity index (χ4v) is 3.12. The minimum Gasteiger partial charge on any atom is -0.452 e. The third-order valence-corrected chi connectivity index (χ3v) is 4.74. The maximum absolute atomic E-state index is 14.0. The molecule has 1 aliphatic heterocycles. The smallest absolute Gasteiger partial charge is 0.345 e. The summed E-state index contributed by atoms with van der Waals surface area (Å²) in [5.74, 6) is -1.13. The standard InChI is InChI=1S/C22H13ClFNO4/c1-12-18(29-22(27)13-4-3-9-25-11-13)8-7-14-20(26)19(28-21(12)14)10-15-16(23)5-2-6-17(15)24/h2-11H,1H3/b19-10-. The first-order valence-electron chi connectivity index (χ1n) is 8.60. The van der Waals surface area contributed by atoms with Crippen LogP contribution in [0.2, 0.25) is 5.02 Å². The van der Waals surface area contributed by atoms with E-state index in [-0.39, 0.29) is 27.8 Å². The number of esters is 1. The lowest BCUT2D eigenvalue weighted by molar-refractivity contribution is 0.0732. The number of pyridine rings is 1. The molecule has 0 saturated carbocycles. The summed E-state index contributed by atoms with van der Waals surface area (Å²) in [5.41, 5.74) is 1.11. The van der Waals surface area contributed by atoms with Gasteiger partial charge in [0.15, 0.2) is 5.76 Å². The Balaban J connectivity index is 1.66. The number of rotatable bonds is 3. The van der Waals surface area contributed by atoms with E-state index in [1.807, 2.05) is 0 Å². The number of hydrogen-bond acceptors (Lipinski definition) is 5. The molecule has 0 aliphatic carbocycles. The van der Waals surface area contributed by atoms with Gasteiger partial charge in [0.25, 0.3) is 0 Å². The first kappa shape index (κ1) is 18.8. The molecule has 1 aliphatic rings. The molecule has 0 radical (unpaired) electrons. The molecular formula is C22H13ClFNO4. The van der Waals surface area contributed by atoms with Crippen LogP contribution >= 0.6 is 11.6 Å². The Labute approximate surface area is 170 Å². The van der Waals surface area contributed by atoms with E-state index in [0.717, 1.165) is 0 Å². The summed E-state index contributed by atoms with van der Waals surface area (Å²) >= 11 is 6.02. The Bertz CT molecular complexity index is 1150. The van der Waals surface area contributed by atoms with E-state index in [0.29, 0.717) is 16.7 Å². The second-order valence-corrected chi connectivity index (χ2v) is 6.68. The second-order valence-electron chi connectivity index (χ2n) is 6.27. The van der Waals surface area contributed by atoms with Crippen LogP contribution in [-0.4, -0.2) is 16.7 Å². The number of carbonyl (C=O) groups excluding carboxylic acids is 2. The number of benzene rings is 2. The lowest BCUT2D eigenvalue weighted by Crippen LogP contribution is -2.09. The summed E-state index contributed by atoms with van der Waals surface area (Å²) in [6, 6.07) is 10.5. The van der Waals surface area contributed by atoms with Gasteiger partial charge in [0.1, 0.15) is 17.3 Å². The third-order valence-electron chi connectivity index (χ3n) is 4.41. The zero-order valence-electron chi connectivity index (χ0n) is 15.1. The minimum absolute atomic E-state index is 0.0613. The van der Waals surface area contributed by atoms with Gasteiger partial charge in [-0.15, -0.1) is 0 Å². The molecule has 2 heterocycles. The van der Waals surface area contributed by atoms with Crippen molar-refractivity contribution >= 4 is 29.4 Å². The largest absolute Gasteiger partial charge is 0.452 e. The van der Waals surface area contributed by atoms with Gasteiger partial charge < -0.3 is 9.47 Å². The van der Waals surface area contributed by atoms with Crippen LogP contribution < -0.4 is 9.47 Å². The number of aromatic nitrogens is 1. The number of ether oxygens (including phenoxy) is 2. The molecular weight excluding hydrogens is 397 g/mol. The van der Waals surface area contributed by atoms with Crippen LogP contribution in [0.5, 0.6) is 11.5 Å². The first-order chi connectivity index (χ1) is 14.0. The van der Waals surface area contributed by atoms with Crippen molar-refractivity contribution in [3.8, 4) is 11.5 Å². The molecule has 2 aromatic carbocycles. The summed E-state index contributed by atoms with van der Waals surface area (Å²) < 4.78 is 25.1. The SMILES string of the molecule is Cc1c(OC(=O)c2cccnc2)ccc2c1O/C(=C\c1c(F)cccc1Cl)C2=O. The van der Waals surface area contributed by atoms with Crippen LogP contribution in [0.3, 0.4) is 0 Å². The van der Waals surface area contributed by atoms with E-state index in [1.54, 1.807) is 25.3 Å². The molecule has 5 nitrogen and oxygen atoms in total. The monoisotopic (exact) mass is 409 g/mol. The van der Waals surface area contributed by atoms with Gasteiger partial charge in [-0.25, -0.2) is 9.18 Å². The Kier molecular flexibility index (Phi) is 4.86. The highest BCUT2D eigenvalue weighted by Gasteiger charge is 2.31. The molecule has 0 atom stereocenters. The van der Waals surface area contributed by atoms with Crippen LogP contribution in [0.4, 0.5) is 4.39 Å². The quantitative estimate of drug-likeness (QED) is 0.345. The fraction of sp³-hybridized carbons (Fsp3) is 0.0455. The van der Waals surface area contributed by atoms with E-state index in [9.17, 15) is 14.0 Å². The number of fused-ring (bicyclic) bond motifs is 1. The predicted octanol–water partition coefficient (Wildman–Crippen LogP) is 5.02. The van der Waals surface area contributed by atoms with Gasteiger partial charge in [0.05, 0.1) is 16.1 Å². The van der Waals surface area contributed by atoms with Gasteiger partial charge >= 0.3 is 5.97 Å². The Morgan fingerprint density at radius 3 is 2.76 bits per heavy atom. The van der Waals surface area contributed by atoms with Gasteiger partial charge in [0.2, 0.25) is 5.78 Å². The van der Waals surface area contributed by atoms with E-state index in [2.05, 4.69) is 4.98 Å². The van der Waals surface area contributed by atoms with Crippen LogP contribution in [-0.2, 0) is 0 Å². The predicted molar refractivity (Wildman–Crippen MR) is 105 cm³/mol. The van der Waals surface area contributed by atoms with Crippen molar-refractivity contribution < 1.29 is 23.5 Å². The molecule has 0 saturated heterocycles. The average molecular weight is 410 g/mol. The van der Waals surface area contributed by atoms with Gasteiger partial charge in [-0.3, -0.25) is 9.78 Å². The lowest BCUT2D eigenvalue weighted by atomic mass is 10.1. The Morgan fingerprint density at radius 2 is 2.03 bits per heavy atom. The fourth-order valence-electron chi connectivity index (χ4n) is 2.90. The summed E-state index contributed by atoms with van der Waals surface area (Å²) in [7, 11) is 0. The number of hydrogen-bond donors (Lipinski definition) is 0. The number of carbonyl (C=O) groups is 2. The number of Topliss-reactive ketones (excluding diaryl/α,β-unsaturated/α-hetero) is 1. The molecule has 7 heteroatoms. The molecule has 144 valence electrons. The Morgan fingerprint density at radius 1 is 1.21 bits per heavy atom. The number of nitrogens with zero attached hydrogens (tertiary/aromatic N) is 1. The van der Waals surface area contributed by atoms with Gasteiger partial charge in [-0.1, -0.05) is 17.7 Å². The molecule has 0 amide bonds. The summed E-state index contributed by atoms with van der Waals surface area (Å²) in [6.07, 6.45) is 4.21. The highest BCUT2D eigenvalue weighted by atomic mass is 35.5. The maximum atomic E-state index is 14.0. The van der Waals surface area contributed by atoms with Crippen molar-refractivity contribution in [3.05, 3.63) is 93.7 Å². The molecule has 0 N–H and O–H groups in total. The highest BCUT2D eigenvalue weighted by molar-refractivity contribution is 6.32. The number of allylic oxidation sites excluding steroid dienone is 1. The van der Waals surface area contributed by atoms with Crippen molar-refractivity contribution in [1.82, 2.24) is 4.98 Å². The van der Waals surface area contributed by atoms with Crippen molar-refractivity contribution in [2.75, 3.05) is 0 Å². The molecule has 0 bridgehead atoms. The van der Waals surface area contributed by atoms with Crippen molar-refractivity contribution in [2.24, 2.45) is 0 Å². The average Bonchev–Trinajstić information content (AvgIpc) is 3.04. The van der Waals surface area contributed by atoms with Gasteiger partial charge in [-0.2, -0.15) is 0 Å². The Hall–Kier alpha value is -3.51. The molecule has 0 unspecified atom stereocenters. The molecule has 4 rings (SSSR count). The molecule has 1 aromatic heterocycles. The van der Waals surface area contributed by atoms with Gasteiger partial charge in [0, 0.05) is 23.5 Å². The van der Waals surface area contributed by atoms with Crippen molar-refractivity contribution in [2.45, 2.75) is 6.92 Å². The lowest BCUT2D eigenvalue weighted by Gasteiger charge is -2.10. The van der Waals surface area contributed by atoms with E-state index >= 15 is 0 Å². The number of halogens is 2. The second kappa shape index (κ2) is 7.48. The van der Waals surface area contributed by atoms with Crippen molar-refractivity contribution in [1.29, 1.82) is 0 Å². The molecule has 0 fully saturated rings. The molecule has 3 aromatic rings. The van der Waals surface area contributed by atoms with Crippen LogP contribution in [0.15, 0.2) is 60.6 Å². The maximum Gasteiger partial charge on any atom is 0.345 e. The van der Waals surface area contributed by atoms with Crippen LogP contribution in [0.1, 0.15) is 31.8 Å². The zero-order chi connectivity index (χ0) is 20.5.